The van der Waals surface area contributed by atoms with Crippen molar-refractivity contribution >= 4 is 23.2 Å². The zero-order chi connectivity index (χ0) is 31.8. The van der Waals surface area contributed by atoms with Crippen LogP contribution in [0, 0.1) is 11.8 Å². The molecule has 1 amide bonds. The Hall–Kier alpha value is -4.25. The zero-order valence-electron chi connectivity index (χ0n) is 25.1. The van der Waals surface area contributed by atoms with Crippen LogP contribution in [0.4, 0.5) is 0 Å². The highest BCUT2D eigenvalue weighted by Crippen LogP contribution is 2.53. The fourth-order valence-corrected chi connectivity index (χ4v) is 7.76. The fourth-order valence-electron chi connectivity index (χ4n) is 7.76. The third kappa shape index (κ3) is 4.23. The lowest BCUT2D eigenvalue weighted by molar-refractivity contribution is -0.153. The molecule has 0 radical (unpaired) electrons. The molecule has 1 fully saturated rings. The van der Waals surface area contributed by atoms with E-state index in [1.54, 1.807) is 20.2 Å². The van der Waals surface area contributed by atoms with Gasteiger partial charge in [-0.3, -0.25) is 24.2 Å². The van der Waals surface area contributed by atoms with Crippen LogP contribution in [0.2, 0.25) is 0 Å². The topological polar surface area (TPSA) is 165 Å². The van der Waals surface area contributed by atoms with Gasteiger partial charge in [0.05, 0.1) is 11.6 Å². The van der Waals surface area contributed by atoms with Crippen LogP contribution >= 0.6 is 0 Å². The molecule has 44 heavy (non-hydrogen) atoms. The van der Waals surface area contributed by atoms with Crippen molar-refractivity contribution < 1.29 is 34.8 Å². The second-order valence-electron chi connectivity index (χ2n) is 12.7. The van der Waals surface area contributed by atoms with Crippen molar-refractivity contribution in [2.45, 2.75) is 57.0 Å². The number of likely N-dealkylation sites (N-methyl/N-ethyl adjacent to an activating group) is 1. The van der Waals surface area contributed by atoms with E-state index in [2.05, 4.69) is 43.0 Å². The van der Waals surface area contributed by atoms with Gasteiger partial charge in [-0.25, -0.2) is 0 Å². The first-order valence-electron chi connectivity index (χ1n) is 14.8. The SMILES string of the molecule is CC1C=CC(C)N1Cc1cccc(-c2ccc(O)c3c2C[C@H]2C[C@H]4[C@H](N(C)C)C(=O)C(C(N)=O)=C(O)[C@@]4(O)C(=O)C2=C3O)c1. The van der Waals surface area contributed by atoms with Gasteiger partial charge in [0.1, 0.15) is 22.8 Å². The number of phenolic OH excluding ortho intramolecular Hbond substituents is 1. The van der Waals surface area contributed by atoms with Crippen LogP contribution in [0.15, 0.2) is 65.5 Å². The van der Waals surface area contributed by atoms with Crippen molar-refractivity contribution in [3.63, 3.8) is 0 Å². The number of nitrogens with zero attached hydrogens (tertiary/aromatic N) is 2. The lowest BCUT2D eigenvalue weighted by Gasteiger charge is -2.50. The highest BCUT2D eigenvalue weighted by atomic mass is 16.3. The second kappa shape index (κ2) is 10.4. The molecule has 0 bridgehead atoms. The average Bonchev–Trinajstić information content (AvgIpc) is 3.27. The highest BCUT2D eigenvalue weighted by molar-refractivity contribution is 6.24. The van der Waals surface area contributed by atoms with Crippen molar-refractivity contribution in [1.82, 2.24) is 9.80 Å². The van der Waals surface area contributed by atoms with Crippen LogP contribution in [0.5, 0.6) is 5.75 Å². The Morgan fingerprint density at radius 2 is 1.75 bits per heavy atom. The first kappa shape index (κ1) is 29.8. The van der Waals surface area contributed by atoms with Gasteiger partial charge in [0.2, 0.25) is 5.78 Å². The van der Waals surface area contributed by atoms with E-state index < -0.39 is 58.0 Å². The van der Waals surface area contributed by atoms with Crippen molar-refractivity contribution in [2.75, 3.05) is 14.1 Å². The molecule has 3 aliphatic carbocycles. The number of amides is 1. The lowest BCUT2D eigenvalue weighted by Crippen LogP contribution is -2.65. The normalized spacial score (nSPS) is 30.1. The number of nitrogens with two attached hydrogens (primary N) is 1. The number of benzene rings is 2. The van der Waals surface area contributed by atoms with E-state index >= 15 is 0 Å². The summed E-state index contributed by atoms with van der Waals surface area (Å²) in [6.07, 6.45) is 4.65. The molecule has 6 atom stereocenters. The first-order valence-corrected chi connectivity index (χ1v) is 14.8. The number of hydrogen-bond donors (Lipinski definition) is 5. The number of aliphatic hydroxyl groups is 3. The van der Waals surface area contributed by atoms with E-state index in [1.165, 1.54) is 11.0 Å². The standard InChI is InChI=1S/C34H37N3O7/c1-16-8-9-17(2)37(16)15-18-6-5-7-19(12-18)21-10-11-24(38)26-22(21)13-20-14-23-28(36(3)4)30(40)27(33(35)43)32(42)34(23,44)31(41)25(20)29(26)39/h5-12,16-17,20,23,28,38-39,42,44H,13-15H2,1-4H3,(H2,35,43)/t16?,17?,20-,23-,28-,34-/m0/s1. The first-order chi connectivity index (χ1) is 20.8. The van der Waals surface area contributed by atoms with Gasteiger partial charge in [-0.1, -0.05) is 36.4 Å². The molecule has 1 heterocycles. The van der Waals surface area contributed by atoms with Gasteiger partial charge in [0.15, 0.2) is 11.4 Å². The number of fused-ring (bicyclic) bond motifs is 3. The minimum atomic E-state index is -2.66. The van der Waals surface area contributed by atoms with Gasteiger partial charge >= 0.3 is 0 Å². The predicted octanol–water partition coefficient (Wildman–Crippen LogP) is 2.78. The van der Waals surface area contributed by atoms with Crippen LogP contribution in [0.25, 0.3) is 16.9 Å². The summed E-state index contributed by atoms with van der Waals surface area (Å²) in [4.78, 5) is 43.5. The Morgan fingerprint density at radius 3 is 2.39 bits per heavy atom. The Kier molecular flexibility index (Phi) is 7.07. The van der Waals surface area contributed by atoms with Gasteiger partial charge in [-0.05, 0) is 81.1 Å². The Morgan fingerprint density at radius 1 is 1.07 bits per heavy atom. The average molecular weight is 600 g/mol. The van der Waals surface area contributed by atoms with E-state index in [4.69, 9.17) is 5.73 Å². The molecule has 6 rings (SSSR count). The number of rotatable bonds is 5. The number of ketones is 2. The maximum absolute atomic E-state index is 14.1. The Bertz CT molecular complexity index is 1690. The number of carbonyl (C=O) groups is 3. The minimum absolute atomic E-state index is 0.0403. The van der Waals surface area contributed by atoms with Crippen molar-refractivity contribution in [2.24, 2.45) is 17.6 Å². The lowest BCUT2D eigenvalue weighted by atomic mass is 9.57. The molecule has 2 aromatic carbocycles. The maximum atomic E-state index is 14.1. The summed E-state index contributed by atoms with van der Waals surface area (Å²) in [5, 5.41) is 45.4. The zero-order valence-corrected chi connectivity index (χ0v) is 25.1. The molecule has 0 spiro atoms. The summed E-state index contributed by atoms with van der Waals surface area (Å²) < 4.78 is 0. The molecule has 6 N–H and O–H groups in total. The van der Waals surface area contributed by atoms with E-state index in [9.17, 15) is 34.8 Å². The summed E-state index contributed by atoms with van der Waals surface area (Å²) in [6.45, 7) is 5.05. The fraction of sp³-hybridized carbons (Fsp3) is 0.382. The van der Waals surface area contributed by atoms with Gasteiger partial charge in [-0.15, -0.1) is 0 Å². The van der Waals surface area contributed by atoms with Crippen LogP contribution < -0.4 is 5.73 Å². The summed E-state index contributed by atoms with van der Waals surface area (Å²) in [5.74, 6) is -6.65. The van der Waals surface area contributed by atoms with Gasteiger partial charge in [0.25, 0.3) is 5.91 Å². The smallest absolute Gasteiger partial charge is 0.255 e. The quantitative estimate of drug-likeness (QED) is 0.257. The van der Waals surface area contributed by atoms with Gasteiger partial charge in [-0.2, -0.15) is 0 Å². The largest absolute Gasteiger partial charge is 0.508 e. The maximum Gasteiger partial charge on any atom is 0.255 e. The second-order valence-corrected chi connectivity index (χ2v) is 12.7. The monoisotopic (exact) mass is 599 g/mol. The number of primary amides is 1. The van der Waals surface area contributed by atoms with Gasteiger partial charge in [0, 0.05) is 30.1 Å². The van der Waals surface area contributed by atoms with Crippen molar-refractivity contribution in [1.29, 1.82) is 0 Å². The Labute approximate surface area is 255 Å². The molecular weight excluding hydrogens is 562 g/mol. The van der Waals surface area contributed by atoms with E-state index in [0.717, 1.165) is 23.2 Å². The van der Waals surface area contributed by atoms with Crippen LogP contribution in [-0.2, 0) is 27.3 Å². The Balaban J connectivity index is 1.46. The van der Waals surface area contributed by atoms with Crippen LogP contribution in [0.3, 0.4) is 0 Å². The van der Waals surface area contributed by atoms with Crippen molar-refractivity contribution in [3.8, 4) is 16.9 Å². The van der Waals surface area contributed by atoms with E-state index in [1.807, 2.05) is 12.1 Å². The number of aromatic hydroxyl groups is 1. The predicted molar refractivity (Wildman–Crippen MR) is 163 cm³/mol. The summed E-state index contributed by atoms with van der Waals surface area (Å²) in [5.41, 5.74) is 5.22. The third-order valence-electron chi connectivity index (χ3n) is 9.92. The molecule has 1 aliphatic heterocycles. The number of carbonyl (C=O) groups excluding carboxylic acids is 3. The third-order valence-corrected chi connectivity index (χ3v) is 9.92. The van der Waals surface area contributed by atoms with E-state index in [0.29, 0.717) is 17.6 Å². The summed E-state index contributed by atoms with van der Waals surface area (Å²) in [6, 6.07) is 10.8. The number of Topliss-reactive ketones (excluding diaryl/α,β-unsaturated/α-hetero) is 2. The number of hydrogen-bond acceptors (Lipinski definition) is 9. The molecule has 2 aromatic rings. The van der Waals surface area contributed by atoms with Crippen LogP contribution in [0.1, 0.15) is 37.0 Å². The highest BCUT2D eigenvalue weighted by Gasteiger charge is 2.64. The summed E-state index contributed by atoms with van der Waals surface area (Å²) in [7, 11) is 3.16. The molecule has 0 aromatic heterocycles. The van der Waals surface area contributed by atoms with Gasteiger partial charge < -0.3 is 26.2 Å². The van der Waals surface area contributed by atoms with Crippen molar-refractivity contribution in [3.05, 3.63) is 82.1 Å². The minimum Gasteiger partial charge on any atom is -0.508 e. The summed E-state index contributed by atoms with van der Waals surface area (Å²) >= 11 is 0. The molecule has 10 heteroatoms. The van der Waals surface area contributed by atoms with E-state index in [-0.39, 0.29) is 29.7 Å². The number of aliphatic hydroxyl groups excluding tert-OH is 2. The molecule has 4 aliphatic rings. The molecule has 0 saturated heterocycles. The van der Waals surface area contributed by atoms with Crippen LogP contribution in [-0.4, -0.2) is 85.5 Å². The number of phenols is 1. The molecule has 2 unspecified atom stereocenters. The molecule has 230 valence electrons. The molecule has 10 nitrogen and oxygen atoms in total. The molecular formula is C34H37N3O7. The molecule has 1 saturated carbocycles.